The van der Waals surface area contributed by atoms with Gasteiger partial charge in [-0.1, -0.05) is 19.3 Å². The van der Waals surface area contributed by atoms with Crippen LogP contribution in [0.25, 0.3) is 0 Å². The van der Waals surface area contributed by atoms with E-state index in [-0.39, 0.29) is 16.5 Å². The van der Waals surface area contributed by atoms with Crippen molar-refractivity contribution < 1.29 is 29.0 Å². The van der Waals surface area contributed by atoms with Gasteiger partial charge in [-0.05, 0) is 71.2 Å². The lowest BCUT2D eigenvalue weighted by molar-refractivity contribution is 0.0432. The van der Waals surface area contributed by atoms with Gasteiger partial charge in [-0.15, -0.1) is 11.3 Å². The number of carbonyl (C=O) groups is 3. The molecule has 1 N–H and O–H groups in total. The molecule has 1 aliphatic carbocycles. The zero-order valence-corrected chi connectivity index (χ0v) is 18.9. The van der Waals surface area contributed by atoms with Crippen molar-refractivity contribution in [2.45, 2.75) is 90.8 Å². The summed E-state index contributed by atoms with van der Waals surface area (Å²) < 4.78 is 10.8. The molecule has 8 heteroatoms. The van der Waals surface area contributed by atoms with Crippen LogP contribution in [0, 0.1) is 0 Å². The van der Waals surface area contributed by atoms with Crippen molar-refractivity contribution in [1.29, 1.82) is 0 Å². The largest absolute Gasteiger partial charge is 0.478 e. The summed E-state index contributed by atoms with van der Waals surface area (Å²) in [6, 6.07) is 0. The SMILES string of the molecule is CC(C)(C)OC(=O)N(C(=O)OC(C)(C)C)c1scc(C2CCCCC2)c1C(=O)O. The van der Waals surface area contributed by atoms with E-state index in [0.717, 1.165) is 48.3 Å². The van der Waals surface area contributed by atoms with E-state index >= 15 is 0 Å². The van der Waals surface area contributed by atoms with Crippen molar-refractivity contribution >= 4 is 34.5 Å². The minimum absolute atomic E-state index is 0.0152. The zero-order chi connectivity index (χ0) is 22.0. The Kier molecular flexibility index (Phi) is 6.98. The van der Waals surface area contributed by atoms with Crippen LogP contribution in [0.3, 0.4) is 0 Å². The molecule has 0 saturated heterocycles. The number of imide groups is 1. The Morgan fingerprint density at radius 1 is 0.966 bits per heavy atom. The van der Waals surface area contributed by atoms with Gasteiger partial charge in [-0.3, -0.25) is 0 Å². The molecular formula is C21H31NO6S. The molecule has 0 aliphatic heterocycles. The van der Waals surface area contributed by atoms with Gasteiger partial charge in [-0.2, -0.15) is 4.90 Å². The van der Waals surface area contributed by atoms with E-state index in [4.69, 9.17) is 9.47 Å². The van der Waals surface area contributed by atoms with Gasteiger partial charge >= 0.3 is 18.2 Å². The first kappa shape index (κ1) is 23.2. The van der Waals surface area contributed by atoms with E-state index < -0.39 is 29.4 Å². The number of nitrogens with zero attached hydrogens (tertiary/aromatic N) is 1. The van der Waals surface area contributed by atoms with Gasteiger partial charge in [0.25, 0.3) is 0 Å². The average Bonchev–Trinajstić information content (AvgIpc) is 2.97. The third kappa shape index (κ3) is 6.19. The molecule has 1 aliphatic rings. The van der Waals surface area contributed by atoms with E-state index in [9.17, 15) is 19.5 Å². The maximum absolute atomic E-state index is 12.9. The van der Waals surface area contributed by atoms with Crippen molar-refractivity contribution in [1.82, 2.24) is 0 Å². The molecular weight excluding hydrogens is 394 g/mol. The van der Waals surface area contributed by atoms with Gasteiger partial charge in [0.2, 0.25) is 0 Å². The summed E-state index contributed by atoms with van der Waals surface area (Å²) in [6.07, 6.45) is 3.10. The van der Waals surface area contributed by atoms with Gasteiger partial charge in [0.15, 0.2) is 0 Å². The molecule has 0 bridgehead atoms. The predicted octanol–water partition coefficient (Wildman–Crippen LogP) is 6.17. The molecule has 2 rings (SSSR count). The summed E-state index contributed by atoms with van der Waals surface area (Å²) in [7, 11) is 0. The maximum Gasteiger partial charge on any atom is 0.425 e. The number of carboxylic acids is 1. The fraction of sp³-hybridized carbons (Fsp3) is 0.667. The average molecular weight is 426 g/mol. The number of ether oxygens (including phenoxy) is 2. The molecule has 162 valence electrons. The fourth-order valence-corrected chi connectivity index (χ4v) is 4.44. The first-order chi connectivity index (χ1) is 13.3. The first-order valence-corrected chi connectivity index (χ1v) is 10.8. The van der Waals surface area contributed by atoms with Gasteiger partial charge in [-0.25, -0.2) is 14.4 Å². The number of aromatic carboxylic acids is 1. The highest BCUT2D eigenvalue weighted by Gasteiger charge is 2.38. The van der Waals surface area contributed by atoms with Crippen LogP contribution < -0.4 is 4.90 Å². The Balaban J connectivity index is 2.51. The number of amides is 2. The summed E-state index contributed by atoms with van der Waals surface area (Å²) in [4.78, 5) is 38.6. The number of thiophene rings is 1. The van der Waals surface area contributed by atoms with Crippen LogP contribution in [0.2, 0.25) is 0 Å². The molecule has 0 atom stereocenters. The van der Waals surface area contributed by atoms with E-state index in [0.29, 0.717) is 5.56 Å². The number of hydrogen-bond acceptors (Lipinski definition) is 6. The lowest BCUT2D eigenvalue weighted by Crippen LogP contribution is -2.44. The van der Waals surface area contributed by atoms with Crippen molar-refractivity contribution in [3.63, 3.8) is 0 Å². The van der Waals surface area contributed by atoms with Crippen LogP contribution in [0.1, 0.15) is 95.5 Å². The number of anilines is 1. The third-order valence-electron chi connectivity index (χ3n) is 4.41. The number of rotatable bonds is 3. The van der Waals surface area contributed by atoms with Crippen molar-refractivity contribution in [3.05, 3.63) is 16.5 Å². The highest BCUT2D eigenvalue weighted by atomic mass is 32.1. The van der Waals surface area contributed by atoms with Crippen LogP contribution in [-0.2, 0) is 9.47 Å². The van der Waals surface area contributed by atoms with Crippen LogP contribution in [0.5, 0.6) is 0 Å². The standard InChI is InChI=1S/C21H31NO6S/c1-20(2,3)27-18(25)22(19(26)28-21(4,5)6)16-15(17(23)24)14(12-29-16)13-10-8-7-9-11-13/h12-13H,7-11H2,1-6H3,(H,23,24). The summed E-state index contributed by atoms with van der Waals surface area (Å²) in [5.74, 6) is -1.06. The molecule has 1 fully saturated rings. The minimum atomic E-state index is -1.17. The van der Waals surface area contributed by atoms with Gasteiger partial charge < -0.3 is 14.6 Å². The summed E-state index contributed by atoms with van der Waals surface area (Å²) in [5.41, 5.74) is -1.05. The third-order valence-corrected chi connectivity index (χ3v) is 5.40. The Morgan fingerprint density at radius 2 is 1.45 bits per heavy atom. The molecule has 7 nitrogen and oxygen atoms in total. The maximum atomic E-state index is 12.9. The second-order valence-corrected chi connectivity index (χ2v) is 10.2. The minimum Gasteiger partial charge on any atom is -0.478 e. The van der Waals surface area contributed by atoms with Crippen molar-refractivity contribution in [2.24, 2.45) is 0 Å². The normalized spacial score (nSPS) is 15.7. The molecule has 1 heterocycles. The predicted molar refractivity (Wildman–Crippen MR) is 112 cm³/mol. The lowest BCUT2D eigenvalue weighted by atomic mass is 9.83. The Hall–Kier alpha value is -2.09. The van der Waals surface area contributed by atoms with Crippen LogP contribution in [0.15, 0.2) is 5.38 Å². The number of hydrogen-bond donors (Lipinski definition) is 1. The van der Waals surface area contributed by atoms with E-state index in [2.05, 4.69) is 0 Å². The Morgan fingerprint density at radius 3 is 1.86 bits per heavy atom. The van der Waals surface area contributed by atoms with Gasteiger partial charge in [0, 0.05) is 0 Å². The summed E-state index contributed by atoms with van der Waals surface area (Å²) >= 11 is 1.06. The molecule has 1 aromatic heterocycles. The lowest BCUT2D eigenvalue weighted by Gasteiger charge is -2.28. The molecule has 1 saturated carbocycles. The van der Waals surface area contributed by atoms with E-state index in [1.54, 1.807) is 46.9 Å². The van der Waals surface area contributed by atoms with E-state index in [1.807, 2.05) is 0 Å². The van der Waals surface area contributed by atoms with Crippen LogP contribution in [-0.4, -0.2) is 34.5 Å². The smallest absolute Gasteiger partial charge is 0.425 e. The molecule has 29 heavy (non-hydrogen) atoms. The number of carboxylic acid groups (broad SMARTS) is 1. The summed E-state index contributed by atoms with van der Waals surface area (Å²) in [6.45, 7) is 10.1. The molecule has 0 spiro atoms. The van der Waals surface area contributed by atoms with Crippen LogP contribution in [0.4, 0.5) is 14.6 Å². The number of carbonyl (C=O) groups excluding carboxylic acids is 2. The molecule has 1 aromatic rings. The molecule has 0 aromatic carbocycles. The van der Waals surface area contributed by atoms with E-state index in [1.165, 1.54) is 0 Å². The highest BCUT2D eigenvalue weighted by Crippen LogP contribution is 2.42. The zero-order valence-electron chi connectivity index (χ0n) is 18.0. The molecule has 0 unspecified atom stereocenters. The fourth-order valence-electron chi connectivity index (χ4n) is 3.31. The highest BCUT2D eigenvalue weighted by molar-refractivity contribution is 7.15. The first-order valence-electron chi connectivity index (χ1n) is 9.91. The van der Waals surface area contributed by atoms with Crippen molar-refractivity contribution in [3.8, 4) is 0 Å². The van der Waals surface area contributed by atoms with Gasteiger partial charge in [0.05, 0.1) is 5.56 Å². The quantitative estimate of drug-likeness (QED) is 0.622. The Labute approximate surface area is 176 Å². The van der Waals surface area contributed by atoms with Crippen LogP contribution >= 0.6 is 11.3 Å². The monoisotopic (exact) mass is 425 g/mol. The second-order valence-electron chi connectivity index (χ2n) is 9.31. The topological polar surface area (TPSA) is 93.1 Å². The van der Waals surface area contributed by atoms with Crippen molar-refractivity contribution in [2.75, 3.05) is 4.90 Å². The van der Waals surface area contributed by atoms with Gasteiger partial charge in [0.1, 0.15) is 16.2 Å². The Bertz CT molecular complexity index is 737. The second kappa shape index (κ2) is 8.73. The molecule has 2 amide bonds. The molecule has 0 radical (unpaired) electrons. The summed E-state index contributed by atoms with van der Waals surface area (Å²) in [5, 5.41) is 11.7.